The fraction of sp³-hybridized carbons (Fsp3) is 0.250. The van der Waals surface area contributed by atoms with Crippen molar-refractivity contribution in [2.75, 3.05) is 5.73 Å². The van der Waals surface area contributed by atoms with Gasteiger partial charge in [0.2, 0.25) is 0 Å². The number of aryl methyl sites for hydroxylation is 1. The highest BCUT2D eigenvalue weighted by Gasteiger charge is 2.09. The second-order valence-electron chi connectivity index (χ2n) is 4.70. The molecule has 2 N–H and O–H groups in total. The minimum absolute atomic E-state index is 0.861. The lowest BCUT2D eigenvalue weighted by Crippen LogP contribution is -1.95. The van der Waals surface area contributed by atoms with Crippen molar-refractivity contribution in [1.29, 1.82) is 0 Å². The van der Waals surface area contributed by atoms with E-state index >= 15 is 0 Å². The van der Waals surface area contributed by atoms with Gasteiger partial charge in [0, 0.05) is 5.69 Å². The molecule has 0 fully saturated rings. The van der Waals surface area contributed by atoms with Gasteiger partial charge in [-0.15, -0.1) is 0 Å². The zero-order valence-electron chi connectivity index (χ0n) is 11.0. The molecule has 0 atom stereocenters. The second kappa shape index (κ2) is 4.25. The lowest BCUT2D eigenvalue weighted by Gasteiger charge is -2.14. The van der Waals surface area contributed by atoms with Crippen LogP contribution in [-0.4, -0.2) is 0 Å². The van der Waals surface area contributed by atoms with Crippen LogP contribution in [0.3, 0.4) is 0 Å². The third-order valence-corrected chi connectivity index (χ3v) is 3.72. The number of hydrogen-bond donors (Lipinski definition) is 1. The van der Waals surface area contributed by atoms with Crippen LogP contribution in [0.15, 0.2) is 30.3 Å². The zero-order valence-corrected chi connectivity index (χ0v) is 11.0. The number of nitrogen functional groups attached to an aromatic ring is 1. The first-order valence-corrected chi connectivity index (χ1v) is 5.94. The highest BCUT2D eigenvalue weighted by atomic mass is 14.6. The summed E-state index contributed by atoms with van der Waals surface area (Å²) in [5.74, 6) is 0. The first-order chi connectivity index (χ1) is 8.02. The Balaban J connectivity index is 2.69. The van der Waals surface area contributed by atoms with Crippen molar-refractivity contribution in [1.82, 2.24) is 0 Å². The molecular formula is C16H19N. The fourth-order valence-electron chi connectivity index (χ4n) is 2.19. The van der Waals surface area contributed by atoms with Crippen LogP contribution in [-0.2, 0) is 0 Å². The lowest BCUT2D eigenvalue weighted by molar-refractivity contribution is 1.26. The van der Waals surface area contributed by atoms with Crippen LogP contribution in [0.25, 0.3) is 11.1 Å². The highest BCUT2D eigenvalue weighted by Crippen LogP contribution is 2.31. The molecule has 0 spiro atoms. The Morgan fingerprint density at radius 2 is 1.35 bits per heavy atom. The molecule has 0 saturated heterocycles. The summed E-state index contributed by atoms with van der Waals surface area (Å²) < 4.78 is 0. The minimum atomic E-state index is 0.861. The molecule has 0 aromatic heterocycles. The van der Waals surface area contributed by atoms with Crippen LogP contribution < -0.4 is 5.73 Å². The maximum absolute atomic E-state index is 5.98. The Hall–Kier alpha value is -1.76. The molecule has 2 rings (SSSR count). The Bertz CT molecular complexity index is 568. The van der Waals surface area contributed by atoms with Gasteiger partial charge in [0.15, 0.2) is 0 Å². The summed E-state index contributed by atoms with van der Waals surface area (Å²) in [7, 11) is 0. The number of nitrogens with two attached hydrogens (primary N) is 1. The Morgan fingerprint density at radius 1 is 0.706 bits per heavy atom. The first-order valence-electron chi connectivity index (χ1n) is 5.94. The van der Waals surface area contributed by atoms with E-state index in [1.54, 1.807) is 0 Å². The van der Waals surface area contributed by atoms with Gasteiger partial charge >= 0.3 is 0 Å². The van der Waals surface area contributed by atoms with Gasteiger partial charge in [0.05, 0.1) is 0 Å². The van der Waals surface area contributed by atoms with Crippen molar-refractivity contribution in [2.24, 2.45) is 0 Å². The maximum atomic E-state index is 5.98. The number of rotatable bonds is 1. The molecule has 2 aromatic carbocycles. The standard InChI is InChI=1S/C16H19N/c1-10-8-9-15(12(3)11(10)2)14-6-5-7-16(17)13(14)4/h5-9H,17H2,1-4H3. The van der Waals surface area contributed by atoms with E-state index in [-0.39, 0.29) is 0 Å². The molecule has 0 bridgehead atoms. The largest absolute Gasteiger partial charge is 0.398 e. The monoisotopic (exact) mass is 225 g/mol. The molecule has 1 heteroatoms. The van der Waals surface area contributed by atoms with Crippen LogP contribution in [0.2, 0.25) is 0 Å². The molecule has 0 amide bonds. The van der Waals surface area contributed by atoms with Crippen LogP contribution in [0.4, 0.5) is 5.69 Å². The number of anilines is 1. The van der Waals surface area contributed by atoms with Crippen LogP contribution in [0.5, 0.6) is 0 Å². The Morgan fingerprint density at radius 3 is 2.06 bits per heavy atom. The topological polar surface area (TPSA) is 26.0 Å². The summed E-state index contributed by atoms with van der Waals surface area (Å²) in [5, 5.41) is 0. The average molecular weight is 225 g/mol. The van der Waals surface area contributed by atoms with Crippen molar-refractivity contribution >= 4 is 5.69 Å². The predicted octanol–water partition coefficient (Wildman–Crippen LogP) is 4.17. The summed E-state index contributed by atoms with van der Waals surface area (Å²) >= 11 is 0. The van der Waals surface area contributed by atoms with Crippen molar-refractivity contribution in [2.45, 2.75) is 27.7 Å². The fourth-order valence-corrected chi connectivity index (χ4v) is 2.19. The van der Waals surface area contributed by atoms with Crippen LogP contribution in [0, 0.1) is 27.7 Å². The van der Waals surface area contributed by atoms with Gasteiger partial charge in [-0.2, -0.15) is 0 Å². The first kappa shape index (κ1) is 11.7. The molecule has 0 radical (unpaired) electrons. The third kappa shape index (κ3) is 1.93. The molecule has 0 heterocycles. The summed E-state index contributed by atoms with van der Waals surface area (Å²) in [4.78, 5) is 0. The molecule has 0 aliphatic heterocycles. The van der Waals surface area contributed by atoms with Crippen LogP contribution in [0.1, 0.15) is 22.3 Å². The van der Waals surface area contributed by atoms with Gasteiger partial charge in [0.1, 0.15) is 0 Å². The van der Waals surface area contributed by atoms with Crippen molar-refractivity contribution in [3.8, 4) is 11.1 Å². The van der Waals surface area contributed by atoms with Crippen LogP contribution >= 0.6 is 0 Å². The zero-order chi connectivity index (χ0) is 12.6. The maximum Gasteiger partial charge on any atom is 0.0349 e. The molecular weight excluding hydrogens is 206 g/mol. The van der Waals surface area contributed by atoms with Crippen molar-refractivity contribution in [3.63, 3.8) is 0 Å². The van der Waals surface area contributed by atoms with Gasteiger partial charge in [-0.25, -0.2) is 0 Å². The molecule has 2 aromatic rings. The van der Waals surface area contributed by atoms with E-state index in [1.807, 2.05) is 12.1 Å². The van der Waals surface area contributed by atoms with E-state index in [1.165, 1.54) is 33.4 Å². The molecule has 0 aliphatic rings. The van der Waals surface area contributed by atoms with Gasteiger partial charge in [-0.05, 0) is 67.1 Å². The predicted molar refractivity (Wildman–Crippen MR) is 75.2 cm³/mol. The molecule has 0 saturated carbocycles. The van der Waals surface area contributed by atoms with E-state index in [0.717, 1.165) is 5.69 Å². The average Bonchev–Trinajstić information content (AvgIpc) is 2.31. The Labute approximate surface area is 103 Å². The number of benzene rings is 2. The summed E-state index contributed by atoms with van der Waals surface area (Å²) in [6.07, 6.45) is 0. The minimum Gasteiger partial charge on any atom is -0.398 e. The smallest absolute Gasteiger partial charge is 0.0349 e. The molecule has 17 heavy (non-hydrogen) atoms. The SMILES string of the molecule is Cc1ccc(-c2cccc(N)c2C)c(C)c1C. The van der Waals surface area contributed by atoms with E-state index < -0.39 is 0 Å². The summed E-state index contributed by atoms with van der Waals surface area (Å²) in [6.45, 7) is 8.59. The van der Waals surface area contributed by atoms with Crippen molar-refractivity contribution < 1.29 is 0 Å². The van der Waals surface area contributed by atoms with Gasteiger partial charge in [-0.1, -0.05) is 24.3 Å². The third-order valence-electron chi connectivity index (χ3n) is 3.72. The van der Waals surface area contributed by atoms with Gasteiger partial charge in [-0.3, -0.25) is 0 Å². The second-order valence-corrected chi connectivity index (χ2v) is 4.70. The lowest BCUT2D eigenvalue weighted by atomic mass is 9.91. The van der Waals surface area contributed by atoms with E-state index in [9.17, 15) is 0 Å². The normalized spacial score (nSPS) is 10.6. The van der Waals surface area contributed by atoms with Gasteiger partial charge in [0.25, 0.3) is 0 Å². The molecule has 88 valence electrons. The van der Waals surface area contributed by atoms with Crippen molar-refractivity contribution in [3.05, 3.63) is 52.6 Å². The van der Waals surface area contributed by atoms with Gasteiger partial charge < -0.3 is 5.73 Å². The Kier molecular flexibility index (Phi) is 2.93. The van der Waals surface area contributed by atoms with E-state index in [0.29, 0.717) is 0 Å². The van der Waals surface area contributed by atoms with E-state index in [4.69, 9.17) is 5.73 Å². The molecule has 1 nitrogen and oxygen atoms in total. The number of hydrogen-bond acceptors (Lipinski definition) is 1. The summed E-state index contributed by atoms with van der Waals surface area (Å²) in [5.41, 5.74) is 14.6. The highest BCUT2D eigenvalue weighted by molar-refractivity contribution is 5.76. The molecule has 0 unspecified atom stereocenters. The quantitative estimate of drug-likeness (QED) is 0.724. The summed E-state index contributed by atoms with van der Waals surface area (Å²) in [6, 6.07) is 10.5. The van der Waals surface area contributed by atoms with E-state index in [2.05, 4.69) is 45.9 Å². The molecule has 0 aliphatic carbocycles.